The zero-order valence-electron chi connectivity index (χ0n) is 15.6. The molecule has 0 aliphatic heterocycles. The van der Waals surface area contributed by atoms with Gasteiger partial charge in [0.05, 0.1) is 17.4 Å². The van der Waals surface area contributed by atoms with Crippen molar-refractivity contribution in [3.8, 4) is 0 Å². The predicted octanol–water partition coefficient (Wildman–Crippen LogP) is 0.812. The molecule has 0 bridgehead atoms. The highest BCUT2D eigenvalue weighted by Gasteiger charge is 2.12. The van der Waals surface area contributed by atoms with Crippen molar-refractivity contribution < 1.29 is 18.7 Å². The lowest BCUT2D eigenvalue weighted by Crippen LogP contribution is -2.40. The van der Waals surface area contributed by atoms with E-state index >= 15 is 0 Å². The number of amides is 1. The molecule has 2 aromatic carbocycles. The Hall–Kier alpha value is -3.75. The molecule has 29 heavy (non-hydrogen) atoms. The van der Waals surface area contributed by atoms with Crippen LogP contribution in [0.2, 0.25) is 0 Å². The van der Waals surface area contributed by atoms with Gasteiger partial charge in [-0.15, -0.1) is 0 Å². The van der Waals surface area contributed by atoms with E-state index in [-0.39, 0.29) is 18.7 Å². The van der Waals surface area contributed by atoms with Crippen LogP contribution in [0, 0.1) is 5.82 Å². The fourth-order valence-electron chi connectivity index (χ4n) is 2.85. The summed E-state index contributed by atoms with van der Waals surface area (Å²) in [6.45, 7) is -0.776. The van der Waals surface area contributed by atoms with E-state index in [0.29, 0.717) is 10.9 Å². The number of benzene rings is 2. The molecule has 3 aromatic rings. The zero-order valence-corrected chi connectivity index (χ0v) is 15.6. The quantitative estimate of drug-likeness (QED) is 0.619. The third-order valence-electron chi connectivity index (χ3n) is 4.32. The molecule has 0 aliphatic carbocycles. The van der Waals surface area contributed by atoms with Crippen LogP contribution in [0.25, 0.3) is 10.9 Å². The van der Waals surface area contributed by atoms with E-state index < -0.39 is 35.5 Å². The molecular weight excluding hydrogens is 381 g/mol. The molecular formula is C20H18FN3O5. The highest BCUT2D eigenvalue weighted by molar-refractivity contribution is 5.95. The standard InChI is InChI=1S/C20H18FN3O5/c1-23-16-8-3-2-7-15(16)19(27)24(20(23)28)9-10-29-17(25)12-22-18(26)13-5-4-6-14(21)11-13/h2-8,11H,9-10,12H2,1H3,(H,22,26). The van der Waals surface area contributed by atoms with E-state index in [4.69, 9.17) is 4.74 Å². The van der Waals surface area contributed by atoms with Crippen LogP contribution >= 0.6 is 0 Å². The summed E-state index contributed by atoms with van der Waals surface area (Å²) < 4.78 is 20.4. The molecule has 0 atom stereocenters. The normalized spacial score (nSPS) is 10.7. The van der Waals surface area contributed by atoms with Gasteiger partial charge in [-0.1, -0.05) is 18.2 Å². The van der Waals surface area contributed by atoms with Crippen LogP contribution in [0.15, 0.2) is 58.1 Å². The fourth-order valence-corrected chi connectivity index (χ4v) is 2.85. The number of nitrogens with one attached hydrogen (secondary N) is 1. The first-order valence-electron chi connectivity index (χ1n) is 8.76. The van der Waals surface area contributed by atoms with Crippen molar-refractivity contribution >= 4 is 22.8 Å². The van der Waals surface area contributed by atoms with Crippen LogP contribution in [0.4, 0.5) is 4.39 Å². The zero-order chi connectivity index (χ0) is 21.0. The van der Waals surface area contributed by atoms with E-state index in [9.17, 15) is 23.6 Å². The Morgan fingerprint density at radius 3 is 2.62 bits per heavy atom. The minimum absolute atomic E-state index is 0.0732. The molecule has 9 heteroatoms. The highest BCUT2D eigenvalue weighted by atomic mass is 19.1. The van der Waals surface area contributed by atoms with Crippen molar-refractivity contribution in [1.29, 1.82) is 0 Å². The Bertz CT molecular complexity index is 1200. The monoisotopic (exact) mass is 399 g/mol. The Balaban J connectivity index is 1.59. The number of ether oxygens (including phenoxy) is 1. The molecule has 8 nitrogen and oxygen atoms in total. The summed E-state index contributed by atoms with van der Waals surface area (Å²) in [5.41, 5.74) is -0.414. The van der Waals surface area contributed by atoms with Crippen LogP contribution in [-0.4, -0.2) is 34.2 Å². The Kier molecular flexibility index (Phi) is 5.87. The molecule has 150 valence electrons. The number of esters is 1. The fraction of sp³-hybridized carbons (Fsp3) is 0.200. The number of hydrogen-bond acceptors (Lipinski definition) is 5. The topological polar surface area (TPSA) is 99.4 Å². The molecule has 0 fully saturated rings. The Labute approximate surface area is 164 Å². The molecule has 1 heterocycles. The van der Waals surface area contributed by atoms with E-state index in [0.717, 1.165) is 10.6 Å². The van der Waals surface area contributed by atoms with Crippen molar-refractivity contribution in [3.05, 3.63) is 80.7 Å². The second-order valence-corrected chi connectivity index (χ2v) is 6.23. The predicted molar refractivity (Wildman–Crippen MR) is 103 cm³/mol. The van der Waals surface area contributed by atoms with Gasteiger partial charge in [0.1, 0.15) is 19.0 Å². The number of nitrogens with zero attached hydrogens (tertiary/aromatic N) is 2. The average Bonchev–Trinajstić information content (AvgIpc) is 2.72. The minimum atomic E-state index is -0.750. The van der Waals surface area contributed by atoms with Gasteiger partial charge >= 0.3 is 11.7 Å². The number of carbonyl (C=O) groups excluding carboxylic acids is 2. The van der Waals surface area contributed by atoms with Crippen LogP contribution in [0.3, 0.4) is 0 Å². The van der Waals surface area contributed by atoms with Gasteiger partial charge in [0, 0.05) is 12.6 Å². The van der Waals surface area contributed by atoms with E-state index in [1.165, 1.54) is 22.8 Å². The lowest BCUT2D eigenvalue weighted by Gasteiger charge is -2.11. The molecule has 0 spiro atoms. The second-order valence-electron chi connectivity index (χ2n) is 6.23. The SMILES string of the molecule is Cn1c(=O)n(CCOC(=O)CNC(=O)c2cccc(F)c2)c(=O)c2ccccc21. The molecule has 0 aliphatic rings. The number of hydrogen-bond donors (Lipinski definition) is 1. The maximum atomic E-state index is 13.1. The summed E-state index contributed by atoms with van der Waals surface area (Å²) in [5, 5.41) is 2.69. The number of aromatic nitrogens is 2. The summed E-state index contributed by atoms with van der Waals surface area (Å²) in [5.74, 6) is -1.94. The maximum absolute atomic E-state index is 13.1. The van der Waals surface area contributed by atoms with Crippen molar-refractivity contribution in [1.82, 2.24) is 14.5 Å². The number of halogens is 1. The first kappa shape index (κ1) is 20.0. The first-order valence-corrected chi connectivity index (χ1v) is 8.76. The highest BCUT2D eigenvalue weighted by Crippen LogP contribution is 2.05. The number of para-hydroxylation sites is 1. The minimum Gasteiger partial charge on any atom is -0.462 e. The van der Waals surface area contributed by atoms with Gasteiger partial charge in [-0.3, -0.25) is 23.5 Å². The molecule has 1 amide bonds. The molecule has 0 unspecified atom stereocenters. The van der Waals surface area contributed by atoms with Gasteiger partial charge in [-0.2, -0.15) is 0 Å². The van der Waals surface area contributed by atoms with Crippen LogP contribution in [0.1, 0.15) is 10.4 Å². The molecule has 0 radical (unpaired) electrons. The summed E-state index contributed by atoms with van der Waals surface area (Å²) in [6, 6.07) is 11.7. The van der Waals surface area contributed by atoms with Crippen molar-refractivity contribution in [2.45, 2.75) is 6.54 Å². The van der Waals surface area contributed by atoms with E-state index in [2.05, 4.69) is 5.32 Å². The van der Waals surface area contributed by atoms with Crippen LogP contribution in [-0.2, 0) is 23.1 Å². The summed E-state index contributed by atoms with van der Waals surface area (Å²) in [7, 11) is 1.55. The van der Waals surface area contributed by atoms with Gasteiger partial charge in [0.25, 0.3) is 11.5 Å². The van der Waals surface area contributed by atoms with Gasteiger partial charge in [-0.05, 0) is 30.3 Å². The van der Waals surface area contributed by atoms with Crippen LogP contribution in [0.5, 0.6) is 0 Å². The summed E-state index contributed by atoms with van der Waals surface area (Å²) in [4.78, 5) is 48.6. The van der Waals surface area contributed by atoms with Gasteiger partial charge in [-0.25, -0.2) is 9.18 Å². The van der Waals surface area contributed by atoms with Gasteiger partial charge in [0.15, 0.2) is 0 Å². The van der Waals surface area contributed by atoms with Crippen molar-refractivity contribution in [2.24, 2.45) is 7.05 Å². The molecule has 3 rings (SSSR count). The second kappa shape index (κ2) is 8.51. The van der Waals surface area contributed by atoms with Gasteiger partial charge in [0.2, 0.25) is 0 Å². The third-order valence-corrected chi connectivity index (χ3v) is 4.32. The van der Waals surface area contributed by atoms with Gasteiger partial charge < -0.3 is 10.1 Å². The molecule has 1 aromatic heterocycles. The Morgan fingerprint density at radius 1 is 1.10 bits per heavy atom. The third kappa shape index (κ3) is 4.40. The van der Waals surface area contributed by atoms with E-state index in [1.54, 1.807) is 31.3 Å². The average molecular weight is 399 g/mol. The van der Waals surface area contributed by atoms with Crippen molar-refractivity contribution in [2.75, 3.05) is 13.2 Å². The van der Waals surface area contributed by atoms with Crippen LogP contribution < -0.4 is 16.6 Å². The number of aryl methyl sites for hydroxylation is 1. The summed E-state index contributed by atoms with van der Waals surface area (Å²) >= 11 is 0. The summed E-state index contributed by atoms with van der Waals surface area (Å²) in [6.07, 6.45) is 0. The largest absolute Gasteiger partial charge is 0.462 e. The maximum Gasteiger partial charge on any atom is 0.331 e. The first-order chi connectivity index (χ1) is 13.9. The van der Waals surface area contributed by atoms with Crippen molar-refractivity contribution in [3.63, 3.8) is 0 Å². The van der Waals surface area contributed by atoms with E-state index in [1.807, 2.05) is 0 Å². The smallest absolute Gasteiger partial charge is 0.331 e. The number of fused-ring (bicyclic) bond motifs is 1. The molecule has 1 N–H and O–H groups in total. The lowest BCUT2D eigenvalue weighted by molar-refractivity contribution is -0.142. The number of carbonyl (C=O) groups is 2. The number of rotatable bonds is 6. The lowest BCUT2D eigenvalue weighted by atomic mass is 10.2. The molecule has 0 saturated carbocycles. The Morgan fingerprint density at radius 2 is 1.86 bits per heavy atom. The molecule has 0 saturated heterocycles.